The summed E-state index contributed by atoms with van der Waals surface area (Å²) in [6, 6.07) is 59.9. The molecule has 0 N–H and O–H groups in total. The van der Waals surface area contributed by atoms with E-state index in [4.69, 9.17) is 4.98 Å². The molecule has 0 fully saturated rings. The molecular formula is C46H30N2. The van der Waals surface area contributed by atoms with Crippen molar-refractivity contribution in [2.75, 3.05) is 0 Å². The van der Waals surface area contributed by atoms with Gasteiger partial charge in [0.25, 0.3) is 0 Å². The van der Waals surface area contributed by atoms with Crippen LogP contribution in [-0.4, -0.2) is 9.55 Å². The van der Waals surface area contributed by atoms with Crippen molar-refractivity contribution in [3.63, 3.8) is 0 Å². The van der Waals surface area contributed by atoms with E-state index in [1.165, 1.54) is 76.1 Å². The van der Waals surface area contributed by atoms with Gasteiger partial charge in [0.05, 0.1) is 11.0 Å². The van der Waals surface area contributed by atoms with Crippen molar-refractivity contribution in [2.45, 2.75) is 6.92 Å². The topological polar surface area (TPSA) is 17.8 Å². The van der Waals surface area contributed by atoms with Crippen LogP contribution in [0.1, 0.15) is 5.82 Å². The van der Waals surface area contributed by atoms with E-state index in [1.54, 1.807) is 0 Å². The van der Waals surface area contributed by atoms with Gasteiger partial charge in [-0.1, -0.05) is 133 Å². The van der Waals surface area contributed by atoms with Crippen LogP contribution in [0.15, 0.2) is 164 Å². The van der Waals surface area contributed by atoms with E-state index in [1.807, 2.05) is 6.07 Å². The number of hydrogen-bond acceptors (Lipinski definition) is 1. The molecule has 0 saturated carbocycles. The molecule has 0 unspecified atom stereocenters. The third-order valence-electron chi connectivity index (χ3n) is 10.1. The minimum atomic E-state index is 0.986. The fourth-order valence-electron chi connectivity index (χ4n) is 8.06. The average Bonchev–Trinajstić information content (AvgIpc) is 3.49. The third kappa shape index (κ3) is 3.90. The highest BCUT2D eigenvalue weighted by atomic mass is 15.1. The Balaban J connectivity index is 1.22. The van der Waals surface area contributed by atoms with Gasteiger partial charge >= 0.3 is 0 Å². The van der Waals surface area contributed by atoms with E-state index in [-0.39, 0.29) is 0 Å². The number of fused-ring (bicyclic) bond motifs is 9. The Kier molecular flexibility index (Phi) is 5.82. The van der Waals surface area contributed by atoms with Crippen LogP contribution in [0.4, 0.5) is 0 Å². The van der Waals surface area contributed by atoms with Crippen LogP contribution in [-0.2, 0) is 0 Å². The molecule has 48 heavy (non-hydrogen) atoms. The lowest BCUT2D eigenvalue weighted by Crippen LogP contribution is -1.97. The highest BCUT2D eigenvalue weighted by Crippen LogP contribution is 2.45. The highest BCUT2D eigenvalue weighted by molar-refractivity contribution is 6.27. The molecule has 0 spiro atoms. The van der Waals surface area contributed by atoms with Gasteiger partial charge in [-0.2, -0.15) is 0 Å². The molecule has 1 aromatic heterocycles. The molecule has 2 heteroatoms. The van der Waals surface area contributed by atoms with Crippen molar-refractivity contribution < 1.29 is 0 Å². The van der Waals surface area contributed by atoms with E-state index in [9.17, 15) is 0 Å². The summed E-state index contributed by atoms with van der Waals surface area (Å²) in [5, 5.41) is 12.8. The van der Waals surface area contributed by atoms with Gasteiger partial charge < -0.3 is 0 Å². The van der Waals surface area contributed by atoms with Crippen molar-refractivity contribution in [3.8, 4) is 27.9 Å². The molecule has 0 atom stereocenters. The molecular weight excluding hydrogens is 581 g/mol. The van der Waals surface area contributed by atoms with Gasteiger partial charge in [-0.05, 0) is 113 Å². The highest BCUT2D eigenvalue weighted by Gasteiger charge is 2.18. The summed E-state index contributed by atoms with van der Waals surface area (Å²) in [6.45, 7) is 2.08. The summed E-state index contributed by atoms with van der Waals surface area (Å²) in [5.41, 5.74) is 8.24. The average molecular weight is 611 g/mol. The number of rotatable bonds is 3. The van der Waals surface area contributed by atoms with Crippen LogP contribution in [0, 0.1) is 6.92 Å². The zero-order chi connectivity index (χ0) is 31.8. The third-order valence-corrected chi connectivity index (χ3v) is 10.1. The van der Waals surface area contributed by atoms with Gasteiger partial charge in [0.15, 0.2) is 0 Å². The van der Waals surface area contributed by atoms with Crippen molar-refractivity contribution >= 4 is 64.9 Å². The Morgan fingerprint density at radius 3 is 1.35 bits per heavy atom. The Hall–Kier alpha value is -6.25. The van der Waals surface area contributed by atoms with Gasteiger partial charge in [-0.25, -0.2) is 4.98 Å². The van der Waals surface area contributed by atoms with Crippen LogP contribution in [0.5, 0.6) is 0 Å². The summed E-state index contributed by atoms with van der Waals surface area (Å²) in [6.07, 6.45) is 0. The van der Waals surface area contributed by atoms with Crippen molar-refractivity contribution in [1.29, 1.82) is 0 Å². The number of nitrogens with zero attached hydrogens (tertiary/aromatic N) is 2. The molecule has 9 aromatic carbocycles. The normalized spacial score (nSPS) is 11.9. The molecule has 0 saturated heterocycles. The first-order valence-corrected chi connectivity index (χ1v) is 16.6. The minimum Gasteiger partial charge on any atom is -0.297 e. The maximum absolute atomic E-state index is 4.80. The first kappa shape index (κ1) is 26.9. The SMILES string of the molecule is Cc1nc2ccccc2n1-c1ccc(-c2c3ccccc3c(-c3ccc4c5ccccc5c5ccccc5c4c3)c3ccccc23)cc1. The number of hydrogen-bond donors (Lipinski definition) is 0. The number of benzene rings is 9. The van der Waals surface area contributed by atoms with Crippen molar-refractivity contribution in [3.05, 3.63) is 170 Å². The number of imidazole rings is 1. The zero-order valence-corrected chi connectivity index (χ0v) is 26.5. The van der Waals surface area contributed by atoms with Gasteiger partial charge in [-0.3, -0.25) is 4.57 Å². The molecule has 0 amide bonds. The molecule has 0 aliphatic rings. The molecule has 0 aliphatic carbocycles. The Bertz CT molecular complexity index is 2800. The number of aromatic nitrogens is 2. The Morgan fingerprint density at radius 1 is 0.375 bits per heavy atom. The zero-order valence-electron chi connectivity index (χ0n) is 26.5. The van der Waals surface area contributed by atoms with E-state index >= 15 is 0 Å². The summed E-state index contributed by atoms with van der Waals surface area (Å²) < 4.78 is 2.24. The van der Waals surface area contributed by atoms with Crippen LogP contribution in [0.3, 0.4) is 0 Å². The summed E-state index contributed by atoms with van der Waals surface area (Å²) in [7, 11) is 0. The van der Waals surface area contributed by atoms with Gasteiger partial charge in [-0.15, -0.1) is 0 Å². The molecule has 0 aliphatic heterocycles. The predicted octanol–water partition coefficient (Wildman–Crippen LogP) is 12.4. The fourth-order valence-corrected chi connectivity index (χ4v) is 8.06. The molecule has 10 aromatic rings. The van der Waals surface area contributed by atoms with E-state index < -0.39 is 0 Å². The summed E-state index contributed by atoms with van der Waals surface area (Å²) in [5.74, 6) is 0.986. The van der Waals surface area contributed by atoms with Gasteiger partial charge in [0, 0.05) is 5.69 Å². The second-order valence-corrected chi connectivity index (χ2v) is 12.7. The molecule has 2 nitrogen and oxygen atoms in total. The van der Waals surface area contributed by atoms with Crippen LogP contribution in [0.25, 0.3) is 92.8 Å². The quantitative estimate of drug-likeness (QED) is 0.144. The van der Waals surface area contributed by atoms with E-state index in [0.29, 0.717) is 0 Å². The second kappa shape index (κ2) is 10.4. The lowest BCUT2D eigenvalue weighted by Gasteiger charge is -2.19. The van der Waals surface area contributed by atoms with Crippen molar-refractivity contribution in [2.24, 2.45) is 0 Å². The number of para-hydroxylation sites is 2. The molecule has 224 valence electrons. The standard InChI is InChI=1S/C46H30N2/c1-29-47-43-20-10-11-21-44(43)48(29)32-25-22-30(23-26-32)45-38-16-6-8-18-40(38)46(41-19-9-7-17-39(41)45)31-24-27-37-35-14-3-2-12-33(35)34-13-4-5-15-36(34)42(37)28-31/h2-28H,1H3. The second-order valence-electron chi connectivity index (χ2n) is 12.7. The molecule has 0 radical (unpaired) electrons. The first-order valence-electron chi connectivity index (χ1n) is 16.6. The van der Waals surface area contributed by atoms with Crippen LogP contribution >= 0.6 is 0 Å². The summed E-state index contributed by atoms with van der Waals surface area (Å²) >= 11 is 0. The number of aryl methyl sites for hydroxylation is 1. The largest absolute Gasteiger partial charge is 0.297 e. The van der Waals surface area contributed by atoms with Crippen molar-refractivity contribution in [1.82, 2.24) is 9.55 Å². The molecule has 1 heterocycles. The van der Waals surface area contributed by atoms with Gasteiger partial charge in [0.1, 0.15) is 5.82 Å². The molecule has 0 bridgehead atoms. The maximum Gasteiger partial charge on any atom is 0.111 e. The maximum atomic E-state index is 4.80. The lowest BCUT2D eigenvalue weighted by atomic mass is 9.85. The monoisotopic (exact) mass is 610 g/mol. The smallest absolute Gasteiger partial charge is 0.111 e. The van der Waals surface area contributed by atoms with Crippen LogP contribution < -0.4 is 0 Å². The first-order chi connectivity index (χ1) is 23.7. The lowest BCUT2D eigenvalue weighted by molar-refractivity contribution is 1.00. The Morgan fingerprint density at radius 2 is 0.792 bits per heavy atom. The fraction of sp³-hybridized carbons (Fsp3) is 0.0217. The van der Waals surface area contributed by atoms with Crippen LogP contribution in [0.2, 0.25) is 0 Å². The predicted molar refractivity (Wildman–Crippen MR) is 204 cm³/mol. The molecule has 10 rings (SSSR count). The van der Waals surface area contributed by atoms with E-state index in [0.717, 1.165) is 22.5 Å². The Labute approximate surface area is 278 Å². The minimum absolute atomic E-state index is 0.986. The van der Waals surface area contributed by atoms with E-state index in [2.05, 4.69) is 169 Å². The van der Waals surface area contributed by atoms with Gasteiger partial charge in [0.2, 0.25) is 0 Å². The summed E-state index contributed by atoms with van der Waals surface area (Å²) in [4.78, 5) is 4.80.